The average Bonchev–Trinajstić information content (AvgIpc) is 2.86. The van der Waals surface area contributed by atoms with Gasteiger partial charge in [0.25, 0.3) is 17.5 Å². The minimum Gasteiger partial charge on any atom is -0.493 e. The molecule has 35 heavy (non-hydrogen) atoms. The highest BCUT2D eigenvalue weighted by atomic mass is 16.6. The van der Waals surface area contributed by atoms with Gasteiger partial charge in [-0.3, -0.25) is 25.0 Å². The van der Waals surface area contributed by atoms with E-state index in [0.29, 0.717) is 22.6 Å². The van der Waals surface area contributed by atoms with E-state index in [1.54, 1.807) is 60.7 Å². The van der Waals surface area contributed by atoms with Gasteiger partial charge in [0, 0.05) is 17.7 Å². The van der Waals surface area contributed by atoms with Crippen LogP contribution in [-0.2, 0) is 16.2 Å². The van der Waals surface area contributed by atoms with Crippen molar-refractivity contribution >= 4 is 35.3 Å². The number of urea groups is 1. The van der Waals surface area contributed by atoms with Crippen molar-refractivity contribution in [1.29, 1.82) is 0 Å². The normalized spacial score (nSPS) is 14.6. The largest absolute Gasteiger partial charge is 0.493 e. The molecule has 176 valence electrons. The molecule has 10 heteroatoms. The third-order valence-electron chi connectivity index (χ3n) is 5.18. The molecule has 1 saturated heterocycles. The predicted octanol–water partition coefficient (Wildman–Crippen LogP) is 3.85. The maximum Gasteiger partial charge on any atom is 0.335 e. The molecule has 3 aromatic rings. The Morgan fingerprint density at radius 1 is 0.971 bits per heavy atom. The first-order chi connectivity index (χ1) is 16.9. The lowest BCUT2D eigenvalue weighted by atomic mass is 10.1. The van der Waals surface area contributed by atoms with E-state index in [-0.39, 0.29) is 23.6 Å². The van der Waals surface area contributed by atoms with Crippen molar-refractivity contribution in [2.75, 3.05) is 12.0 Å². The highest BCUT2D eigenvalue weighted by molar-refractivity contribution is 6.39. The summed E-state index contributed by atoms with van der Waals surface area (Å²) >= 11 is 0. The molecule has 1 aliphatic rings. The minimum absolute atomic E-state index is 0.0450. The summed E-state index contributed by atoms with van der Waals surface area (Å²) in [5.41, 5.74) is 1.03. The molecule has 1 N–H and O–H groups in total. The van der Waals surface area contributed by atoms with Crippen LogP contribution in [0.2, 0.25) is 0 Å². The van der Waals surface area contributed by atoms with Gasteiger partial charge in [0.15, 0.2) is 11.5 Å². The van der Waals surface area contributed by atoms with Crippen LogP contribution in [0, 0.1) is 10.1 Å². The summed E-state index contributed by atoms with van der Waals surface area (Å²) < 4.78 is 11.3. The number of nitrogens with one attached hydrogen (secondary N) is 1. The van der Waals surface area contributed by atoms with Gasteiger partial charge in [0.2, 0.25) is 0 Å². The number of non-ortho nitro benzene ring substituents is 1. The van der Waals surface area contributed by atoms with Crippen LogP contribution in [-0.4, -0.2) is 29.9 Å². The molecule has 0 radical (unpaired) electrons. The SMILES string of the molecule is COc1cccc(C=C2C(=O)NC(=O)N(c3ccccc3)C2=O)c1OCc1ccc([N+](=O)[O-])cc1. The van der Waals surface area contributed by atoms with Gasteiger partial charge < -0.3 is 9.47 Å². The maximum atomic E-state index is 13.1. The molecule has 1 heterocycles. The zero-order chi connectivity index (χ0) is 24.9. The Bertz CT molecular complexity index is 1330. The zero-order valence-corrected chi connectivity index (χ0v) is 18.5. The number of benzene rings is 3. The van der Waals surface area contributed by atoms with Gasteiger partial charge in [-0.25, -0.2) is 9.69 Å². The topological polar surface area (TPSA) is 128 Å². The Morgan fingerprint density at radius 3 is 2.34 bits per heavy atom. The number of hydrogen-bond donors (Lipinski definition) is 1. The van der Waals surface area contributed by atoms with Gasteiger partial charge in [-0.1, -0.05) is 30.3 Å². The van der Waals surface area contributed by atoms with Gasteiger partial charge in [0.05, 0.1) is 17.7 Å². The molecule has 0 spiro atoms. The van der Waals surface area contributed by atoms with Crippen LogP contribution < -0.4 is 19.7 Å². The number of ether oxygens (including phenoxy) is 2. The second-order valence-electron chi connectivity index (χ2n) is 7.38. The Hall–Kier alpha value is -4.99. The van der Waals surface area contributed by atoms with Crippen molar-refractivity contribution in [2.24, 2.45) is 0 Å². The predicted molar refractivity (Wildman–Crippen MR) is 126 cm³/mol. The Kier molecular flexibility index (Phi) is 6.54. The number of carbonyl (C=O) groups excluding carboxylic acids is 3. The van der Waals surface area contributed by atoms with Crippen molar-refractivity contribution < 1.29 is 28.8 Å². The minimum atomic E-state index is -0.844. The molecule has 1 fully saturated rings. The zero-order valence-electron chi connectivity index (χ0n) is 18.5. The third kappa shape index (κ3) is 4.86. The molecule has 0 aliphatic carbocycles. The van der Waals surface area contributed by atoms with Crippen molar-refractivity contribution in [2.45, 2.75) is 6.61 Å². The standard InChI is InChI=1S/C25H19N3O7/c1-34-21-9-5-6-17(22(21)35-15-16-10-12-19(13-11-16)28(32)33)14-20-23(29)26-25(31)27(24(20)30)18-7-3-2-4-8-18/h2-14H,15H2,1H3,(H,26,29,31). The lowest BCUT2D eigenvalue weighted by molar-refractivity contribution is -0.384. The van der Waals surface area contributed by atoms with Crippen LogP contribution >= 0.6 is 0 Å². The molecule has 0 saturated carbocycles. The fraction of sp³-hybridized carbons (Fsp3) is 0.0800. The summed E-state index contributed by atoms with van der Waals surface area (Å²) in [5.74, 6) is -1.02. The van der Waals surface area contributed by atoms with Crippen LogP contribution in [0.5, 0.6) is 11.5 Å². The number of barbiturate groups is 1. The van der Waals surface area contributed by atoms with Crippen LogP contribution in [0.3, 0.4) is 0 Å². The maximum absolute atomic E-state index is 13.1. The first-order valence-electron chi connectivity index (χ1n) is 10.4. The number of methoxy groups -OCH3 is 1. The highest BCUT2D eigenvalue weighted by Gasteiger charge is 2.37. The summed E-state index contributed by atoms with van der Waals surface area (Å²) in [7, 11) is 1.44. The van der Waals surface area contributed by atoms with Crippen molar-refractivity contribution in [3.05, 3.63) is 99.6 Å². The van der Waals surface area contributed by atoms with Gasteiger partial charge >= 0.3 is 6.03 Å². The fourth-order valence-electron chi connectivity index (χ4n) is 3.46. The first kappa shape index (κ1) is 23.2. The van der Waals surface area contributed by atoms with Gasteiger partial charge in [0.1, 0.15) is 12.2 Å². The van der Waals surface area contributed by atoms with Crippen molar-refractivity contribution in [3.63, 3.8) is 0 Å². The molecule has 3 aromatic carbocycles. The number of imide groups is 2. The summed E-state index contributed by atoms with van der Waals surface area (Å²) in [5, 5.41) is 13.0. The van der Waals surface area contributed by atoms with Crippen LogP contribution in [0.4, 0.5) is 16.2 Å². The van der Waals surface area contributed by atoms with E-state index in [9.17, 15) is 24.5 Å². The second kappa shape index (κ2) is 9.87. The molecule has 4 rings (SSSR count). The molecule has 0 aromatic heterocycles. The highest BCUT2D eigenvalue weighted by Crippen LogP contribution is 2.34. The number of nitro groups is 1. The molecular formula is C25H19N3O7. The molecular weight excluding hydrogens is 454 g/mol. The lowest BCUT2D eigenvalue weighted by Crippen LogP contribution is -2.54. The fourth-order valence-corrected chi connectivity index (χ4v) is 3.46. The van der Waals surface area contributed by atoms with E-state index in [2.05, 4.69) is 5.32 Å². The molecule has 0 bridgehead atoms. The number of para-hydroxylation sites is 2. The summed E-state index contributed by atoms with van der Waals surface area (Å²) in [4.78, 5) is 49.3. The number of rotatable bonds is 7. The van der Waals surface area contributed by atoms with Gasteiger partial charge in [-0.2, -0.15) is 0 Å². The van der Waals surface area contributed by atoms with E-state index in [4.69, 9.17) is 9.47 Å². The van der Waals surface area contributed by atoms with Crippen molar-refractivity contribution in [1.82, 2.24) is 5.32 Å². The summed E-state index contributed by atoms with van der Waals surface area (Å²) in [6, 6.07) is 18.2. The monoisotopic (exact) mass is 473 g/mol. The quantitative estimate of drug-likeness (QED) is 0.239. The van der Waals surface area contributed by atoms with Gasteiger partial charge in [-0.15, -0.1) is 0 Å². The number of amides is 4. The number of nitrogens with zero attached hydrogens (tertiary/aromatic N) is 2. The Balaban J connectivity index is 1.67. The average molecular weight is 473 g/mol. The first-order valence-corrected chi connectivity index (χ1v) is 10.4. The van der Waals surface area contributed by atoms with Crippen LogP contribution in [0.1, 0.15) is 11.1 Å². The van der Waals surface area contributed by atoms with Gasteiger partial charge in [-0.05, 0) is 42.0 Å². The number of hydrogen-bond acceptors (Lipinski definition) is 7. The van der Waals surface area contributed by atoms with Crippen molar-refractivity contribution in [3.8, 4) is 11.5 Å². The molecule has 1 aliphatic heterocycles. The molecule has 0 atom stereocenters. The number of nitro benzene ring substituents is 1. The third-order valence-corrected chi connectivity index (χ3v) is 5.18. The summed E-state index contributed by atoms with van der Waals surface area (Å²) in [6.07, 6.45) is 1.33. The van der Waals surface area contributed by atoms with E-state index < -0.39 is 22.8 Å². The number of carbonyl (C=O) groups is 3. The molecule has 4 amide bonds. The smallest absolute Gasteiger partial charge is 0.335 e. The second-order valence-corrected chi connectivity index (χ2v) is 7.38. The van der Waals surface area contributed by atoms with Crippen LogP contribution in [0.25, 0.3) is 6.08 Å². The van der Waals surface area contributed by atoms with E-state index in [0.717, 1.165) is 4.90 Å². The summed E-state index contributed by atoms with van der Waals surface area (Å²) in [6.45, 7) is 0.0450. The number of anilines is 1. The Labute approximate surface area is 199 Å². The van der Waals surface area contributed by atoms with E-state index >= 15 is 0 Å². The molecule has 10 nitrogen and oxygen atoms in total. The van der Waals surface area contributed by atoms with E-state index in [1.165, 1.54) is 25.3 Å². The Morgan fingerprint density at radius 2 is 1.69 bits per heavy atom. The molecule has 0 unspecified atom stereocenters. The van der Waals surface area contributed by atoms with E-state index in [1.807, 2.05) is 0 Å². The van der Waals surface area contributed by atoms with Crippen LogP contribution in [0.15, 0.2) is 78.4 Å². The lowest BCUT2D eigenvalue weighted by Gasteiger charge is -2.26.